The number of aromatic nitrogens is 3. The van der Waals surface area contributed by atoms with Gasteiger partial charge in [-0.15, -0.1) is 0 Å². The fourth-order valence-corrected chi connectivity index (χ4v) is 2.78. The molecule has 108 valence electrons. The molecule has 21 heavy (non-hydrogen) atoms. The van der Waals surface area contributed by atoms with Crippen molar-refractivity contribution in [1.29, 1.82) is 0 Å². The summed E-state index contributed by atoms with van der Waals surface area (Å²) in [6.45, 7) is 1.81. The number of benzene rings is 1. The zero-order valence-corrected chi connectivity index (χ0v) is 12.5. The number of rotatable bonds is 3. The molecule has 0 aliphatic heterocycles. The standard InChI is InChI=1S/C13H10ClFN4OS/c1-6-10(12(16)21-19-6)13-17-9(18-20-13)5-7-3-2-4-8(14)11(7)15/h2-4H,5,16H2,1H3. The summed E-state index contributed by atoms with van der Waals surface area (Å²) in [5.74, 6) is 0.172. The molecular weight excluding hydrogens is 315 g/mol. The normalized spacial score (nSPS) is 11.0. The lowest BCUT2D eigenvalue weighted by Gasteiger charge is -2.00. The average molecular weight is 325 g/mol. The number of nitrogen functional groups attached to an aromatic ring is 1. The molecule has 0 unspecified atom stereocenters. The van der Waals surface area contributed by atoms with Crippen LogP contribution in [0.1, 0.15) is 17.1 Å². The minimum Gasteiger partial charge on any atom is -0.389 e. The quantitative estimate of drug-likeness (QED) is 0.798. The van der Waals surface area contributed by atoms with Crippen LogP contribution in [-0.4, -0.2) is 14.5 Å². The van der Waals surface area contributed by atoms with E-state index < -0.39 is 5.82 Å². The van der Waals surface area contributed by atoms with Crippen LogP contribution in [0.5, 0.6) is 0 Å². The van der Waals surface area contributed by atoms with Crippen LogP contribution in [0.15, 0.2) is 22.7 Å². The third kappa shape index (κ3) is 2.62. The topological polar surface area (TPSA) is 77.8 Å². The molecule has 0 saturated heterocycles. The number of aryl methyl sites for hydroxylation is 1. The van der Waals surface area contributed by atoms with E-state index in [1.807, 2.05) is 6.92 Å². The Morgan fingerprint density at radius 1 is 1.43 bits per heavy atom. The summed E-state index contributed by atoms with van der Waals surface area (Å²) in [5, 5.41) is 4.42. The zero-order chi connectivity index (χ0) is 15.0. The first-order valence-electron chi connectivity index (χ1n) is 6.04. The fraction of sp³-hybridized carbons (Fsp3) is 0.154. The SMILES string of the molecule is Cc1nsc(N)c1-c1nc(Cc2cccc(Cl)c2F)no1. The highest BCUT2D eigenvalue weighted by atomic mass is 35.5. The summed E-state index contributed by atoms with van der Waals surface area (Å²) in [7, 11) is 0. The third-order valence-electron chi connectivity index (χ3n) is 2.95. The zero-order valence-electron chi connectivity index (χ0n) is 10.9. The summed E-state index contributed by atoms with van der Waals surface area (Å²) in [5.41, 5.74) is 7.59. The maximum absolute atomic E-state index is 13.8. The second-order valence-corrected chi connectivity index (χ2v) is 5.62. The Balaban J connectivity index is 1.91. The van der Waals surface area contributed by atoms with Crippen LogP contribution in [0.2, 0.25) is 5.02 Å². The molecule has 3 aromatic rings. The molecule has 2 aromatic heterocycles. The Morgan fingerprint density at radius 3 is 2.95 bits per heavy atom. The van der Waals surface area contributed by atoms with E-state index in [4.69, 9.17) is 21.9 Å². The first-order chi connectivity index (χ1) is 10.1. The van der Waals surface area contributed by atoms with Gasteiger partial charge in [-0.25, -0.2) is 4.39 Å². The Kier molecular flexibility index (Phi) is 3.60. The monoisotopic (exact) mass is 324 g/mol. The van der Waals surface area contributed by atoms with Gasteiger partial charge in [-0.2, -0.15) is 9.36 Å². The van der Waals surface area contributed by atoms with Gasteiger partial charge in [0.15, 0.2) is 5.82 Å². The van der Waals surface area contributed by atoms with Crippen molar-refractivity contribution in [2.24, 2.45) is 0 Å². The molecule has 5 nitrogen and oxygen atoms in total. The van der Waals surface area contributed by atoms with E-state index in [1.165, 1.54) is 17.6 Å². The van der Waals surface area contributed by atoms with Gasteiger partial charge in [0.05, 0.1) is 16.3 Å². The van der Waals surface area contributed by atoms with E-state index >= 15 is 0 Å². The van der Waals surface area contributed by atoms with Crippen LogP contribution in [0.25, 0.3) is 11.5 Å². The van der Waals surface area contributed by atoms with Crippen LogP contribution in [0.3, 0.4) is 0 Å². The highest BCUT2D eigenvalue weighted by Gasteiger charge is 2.18. The van der Waals surface area contributed by atoms with Crippen molar-refractivity contribution in [2.45, 2.75) is 13.3 Å². The molecule has 3 rings (SSSR count). The van der Waals surface area contributed by atoms with Gasteiger partial charge in [-0.05, 0) is 30.1 Å². The van der Waals surface area contributed by atoms with Crippen molar-refractivity contribution in [1.82, 2.24) is 14.5 Å². The van der Waals surface area contributed by atoms with Crippen LogP contribution in [-0.2, 0) is 6.42 Å². The summed E-state index contributed by atoms with van der Waals surface area (Å²) < 4.78 is 23.2. The first kappa shape index (κ1) is 14.0. The third-order valence-corrected chi connectivity index (χ3v) is 4.01. The van der Waals surface area contributed by atoms with Crippen molar-refractivity contribution in [3.8, 4) is 11.5 Å². The molecule has 0 aliphatic carbocycles. The predicted molar refractivity (Wildman–Crippen MR) is 78.8 cm³/mol. The molecule has 0 aliphatic rings. The second-order valence-electron chi connectivity index (χ2n) is 4.41. The number of anilines is 1. The molecular formula is C13H10ClFN4OS. The second kappa shape index (κ2) is 5.42. The van der Waals surface area contributed by atoms with Crippen molar-refractivity contribution in [3.63, 3.8) is 0 Å². The van der Waals surface area contributed by atoms with E-state index in [0.717, 1.165) is 5.69 Å². The molecule has 2 heterocycles. The van der Waals surface area contributed by atoms with Crippen LogP contribution >= 0.6 is 23.1 Å². The maximum atomic E-state index is 13.8. The van der Waals surface area contributed by atoms with Gasteiger partial charge < -0.3 is 10.3 Å². The van der Waals surface area contributed by atoms with Gasteiger partial charge in [-0.1, -0.05) is 28.9 Å². The largest absolute Gasteiger partial charge is 0.389 e. The van der Waals surface area contributed by atoms with E-state index in [0.29, 0.717) is 22.0 Å². The van der Waals surface area contributed by atoms with E-state index in [9.17, 15) is 4.39 Å². The van der Waals surface area contributed by atoms with Gasteiger partial charge in [0.25, 0.3) is 5.89 Å². The van der Waals surface area contributed by atoms with E-state index in [1.54, 1.807) is 12.1 Å². The molecule has 0 fully saturated rings. The van der Waals surface area contributed by atoms with Crippen molar-refractivity contribution >= 4 is 28.1 Å². The van der Waals surface area contributed by atoms with Crippen molar-refractivity contribution in [3.05, 3.63) is 46.1 Å². The van der Waals surface area contributed by atoms with Gasteiger partial charge in [0, 0.05) is 6.42 Å². The molecule has 0 amide bonds. The highest BCUT2D eigenvalue weighted by molar-refractivity contribution is 7.10. The van der Waals surface area contributed by atoms with Crippen LogP contribution in [0.4, 0.5) is 9.39 Å². The van der Waals surface area contributed by atoms with Crippen molar-refractivity contribution in [2.75, 3.05) is 5.73 Å². The Labute approximate surface area is 128 Å². The molecule has 0 bridgehead atoms. The molecule has 0 atom stereocenters. The average Bonchev–Trinajstić information content (AvgIpc) is 3.02. The van der Waals surface area contributed by atoms with Gasteiger partial charge in [0.1, 0.15) is 10.8 Å². The lowest BCUT2D eigenvalue weighted by atomic mass is 10.1. The van der Waals surface area contributed by atoms with Gasteiger partial charge >= 0.3 is 0 Å². The summed E-state index contributed by atoms with van der Waals surface area (Å²) in [4.78, 5) is 4.24. The van der Waals surface area contributed by atoms with Crippen LogP contribution in [0, 0.1) is 12.7 Å². The number of nitrogens with two attached hydrogens (primary N) is 1. The molecule has 0 spiro atoms. The first-order valence-corrected chi connectivity index (χ1v) is 7.19. The molecule has 2 N–H and O–H groups in total. The fourth-order valence-electron chi connectivity index (χ4n) is 1.93. The minimum atomic E-state index is -0.474. The molecule has 1 aromatic carbocycles. The number of halogens is 2. The maximum Gasteiger partial charge on any atom is 0.262 e. The lowest BCUT2D eigenvalue weighted by Crippen LogP contribution is -1.95. The summed E-state index contributed by atoms with van der Waals surface area (Å²) in [6.07, 6.45) is 0.187. The highest BCUT2D eigenvalue weighted by Crippen LogP contribution is 2.31. The Bertz CT molecular complexity index is 782. The van der Waals surface area contributed by atoms with Gasteiger partial charge in [0.2, 0.25) is 0 Å². The van der Waals surface area contributed by atoms with Gasteiger partial charge in [-0.3, -0.25) is 0 Å². The molecule has 0 radical (unpaired) electrons. The summed E-state index contributed by atoms with van der Waals surface area (Å²) >= 11 is 6.91. The number of hydrogen-bond donors (Lipinski definition) is 1. The van der Waals surface area contributed by atoms with E-state index in [-0.39, 0.29) is 17.3 Å². The van der Waals surface area contributed by atoms with E-state index in [2.05, 4.69) is 14.5 Å². The molecule has 8 heteroatoms. The smallest absolute Gasteiger partial charge is 0.262 e. The lowest BCUT2D eigenvalue weighted by molar-refractivity contribution is 0.423. The Morgan fingerprint density at radius 2 is 2.24 bits per heavy atom. The number of nitrogens with zero attached hydrogens (tertiary/aromatic N) is 3. The van der Waals surface area contributed by atoms with Crippen molar-refractivity contribution < 1.29 is 8.91 Å². The predicted octanol–water partition coefficient (Wildman–Crippen LogP) is 3.47. The number of hydrogen-bond acceptors (Lipinski definition) is 6. The molecule has 0 saturated carbocycles. The van der Waals surface area contributed by atoms with Crippen LogP contribution < -0.4 is 5.73 Å². The summed E-state index contributed by atoms with van der Waals surface area (Å²) in [6, 6.07) is 4.79. The Hall–Kier alpha value is -1.99. The minimum absolute atomic E-state index is 0.0679.